The van der Waals surface area contributed by atoms with E-state index < -0.39 is 0 Å². The maximum atomic E-state index is 13.2. The van der Waals surface area contributed by atoms with E-state index in [9.17, 15) is 4.39 Å². The summed E-state index contributed by atoms with van der Waals surface area (Å²) in [7, 11) is 0. The van der Waals surface area contributed by atoms with Crippen LogP contribution in [-0.2, 0) is 6.42 Å². The fourth-order valence-electron chi connectivity index (χ4n) is 2.92. The van der Waals surface area contributed by atoms with E-state index in [0.717, 1.165) is 23.2 Å². The molecule has 1 aromatic heterocycles. The molecule has 0 saturated heterocycles. The van der Waals surface area contributed by atoms with Crippen LogP contribution in [0.25, 0.3) is 5.70 Å². The highest BCUT2D eigenvalue weighted by molar-refractivity contribution is 5.77. The maximum Gasteiger partial charge on any atom is 0.226 e. The van der Waals surface area contributed by atoms with E-state index in [-0.39, 0.29) is 11.9 Å². The van der Waals surface area contributed by atoms with Crippen molar-refractivity contribution in [2.75, 3.05) is 5.32 Å². The number of allylic oxidation sites excluding steroid dienone is 1. The second kappa shape index (κ2) is 5.92. The Morgan fingerprint density at radius 3 is 2.54 bits per heavy atom. The van der Waals surface area contributed by atoms with Crippen LogP contribution in [-0.4, -0.2) is 14.8 Å². The molecule has 0 aliphatic carbocycles. The Labute approximate surface area is 139 Å². The van der Waals surface area contributed by atoms with Gasteiger partial charge in [-0.05, 0) is 53.5 Å². The Morgan fingerprint density at radius 2 is 1.83 bits per heavy atom. The summed E-state index contributed by atoms with van der Waals surface area (Å²) >= 11 is 0. The Morgan fingerprint density at radius 1 is 1.08 bits per heavy atom. The van der Waals surface area contributed by atoms with E-state index in [2.05, 4.69) is 52.7 Å². The lowest BCUT2D eigenvalue weighted by molar-refractivity contribution is 0.611. The minimum Gasteiger partial charge on any atom is -0.324 e. The van der Waals surface area contributed by atoms with E-state index in [1.807, 2.05) is 4.68 Å². The van der Waals surface area contributed by atoms with Crippen LogP contribution in [0.4, 0.5) is 10.3 Å². The molecule has 2 aromatic carbocycles. The summed E-state index contributed by atoms with van der Waals surface area (Å²) < 4.78 is 15.0. The predicted octanol–water partition coefficient (Wildman–Crippen LogP) is 4.04. The average Bonchev–Trinajstić information content (AvgIpc) is 3.10. The number of hydrogen-bond acceptors (Lipinski definition) is 3. The number of rotatable bonds is 3. The lowest BCUT2D eigenvalue weighted by atomic mass is 10.00. The first kappa shape index (κ1) is 14.6. The topological polar surface area (TPSA) is 42.7 Å². The predicted molar refractivity (Wildman–Crippen MR) is 92.0 cm³/mol. The van der Waals surface area contributed by atoms with Gasteiger partial charge in [0.2, 0.25) is 5.95 Å². The van der Waals surface area contributed by atoms with Crippen LogP contribution in [0.2, 0.25) is 0 Å². The Hall–Kier alpha value is -2.95. The summed E-state index contributed by atoms with van der Waals surface area (Å²) in [5.41, 5.74) is 4.26. The van der Waals surface area contributed by atoms with Gasteiger partial charge >= 0.3 is 0 Å². The van der Waals surface area contributed by atoms with Crippen LogP contribution >= 0.6 is 0 Å². The zero-order valence-electron chi connectivity index (χ0n) is 13.3. The highest BCUT2D eigenvalue weighted by atomic mass is 19.1. The summed E-state index contributed by atoms with van der Waals surface area (Å²) in [5.74, 6) is 0.437. The van der Waals surface area contributed by atoms with Crippen molar-refractivity contribution in [3.8, 4) is 0 Å². The lowest BCUT2D eigenvalue weighted by Gasteiger charge is -2.24. The van der Waals surface area contributed by atoms with E-state index >= 15 is 0 Å². The van der Waals surface area contributed by atoms with Crippen molar-refractivity contribution in [1.29, 1.82) is 0 Å². The molecule has 4 rings (SSSR count). The van der Waals surface area contributed by atoms with Crippen molar-refractivity contribution in [2.45, 2.75) is 19.4 Å². The van der Waals surface area contributed by atoms with Gasteiger partial charge in [-0.3, -0.25) is 0 Å². The molecule has 1 aliphatic heterocycles. The summed E-state index contributed by atoms with van der Waals surface area (Å²) in [5, 5.41) is 7.60. The van der Waals surface area contributed by atoms with E-state index in [4.69, 9.17) is 0 Å². The number of nitrogens with one attached hydrogen (secondary N) is 1. The Balaban J connectivity index is 1.77. The molecule has 0 unspecified atom stereocenters. The van der Waals surface area contributed by atoms with Gasteiger partial charge in [-0.2, -0.15) is 10.1 Å². The number of fused-ring (bicyclic) bond motifs is 1. The third kappa shape index (κ3) is 2.58. The minimum atomic E-state index is -0.245. The zero-order valence-corrected chi connectivity index (χ0v) is 13.3. The van der Waals surface area contributed by atoms with Crippen molar-refractivity contribution < 1.29 is 4.39 Å². The second-order valence-corrected chi connectivity index (χ2v) is 5.78. The van der Waals surface area contributed by atoms with Gasteiger partial charge in [0.1, 0.15) is 18.2 Å². The fraction of sp³-hybridized carbons (Fsp3) is 0.158. The number of aryl methyl sites for hydroxylation is 1. The molecule has 120 valence electrons. The van der Waals surface area contributed by atoms with E-state index in [0.29, 0.717) is 5.95 Å². The first-order valence-electron chi connectivity index (χ1n) is 7.97. The highest BCUT2D eigenvalue weighted by Gasteiger charge is 2.23. The molecule has 0 spiro atoms. The first-order chi connectivity index (χ1) is 11.7. The molecular weight excluding hydrogens is 303 g/mol. The number of aromatic nitrogens is 3. The zero-order chi connectivity index (χ0) is 16.5. The largest absolute Gasteiger partial charge is 0.324 e. The summed E-state index contributed by atoms with van der Waals surface area (Å²) in [6.07, 6.45) is 4.64. The molecule has 4 nitrogen and oxygen atoms in total. The molecule has 3 aromatic rings. The van der Waals surface area contributed by atoms with Crippen molar-refractivity contribution in [1.82, 2.24) is 14.8 Å². The van der Waals surface area contributed by atoms with Gasteiger partial charge in [0.25, 0.3) is 0 Å². The van der Waals surface area contributed by atoms with Gasteiger partial charge in [0.15, 0.2) is 0 Å². The monoisotopic (exact) mass is 320 g/mol. The van der Waals surface area contributed by atoms with Crippen molar-refractivity contribution in [3.63, 3.8) is 0 Å². The van der Waals surface area contributed by atoms with Crippen LogP contribution in [0.5, 0.6) is 0 Å². The van der Waals surface area contributed by atoms with Crippen molar-refractivity contribution in [2.24, 2.45) is 0 Å². The molecule has 0 radical (unpaired) electrons. The second-order valence-electron chi connectivity index (χ2n) is 5.78. The molecule has 0 amide bonds. The standard InChI is InChI=1S/C19H17FN4/c1-2-13-3-5-15(6-4-13)18-11-17(14-7-9-16(20)10-8-14)23-19-21-12-22-24(18)19/h3-12,18H,2H2,1H3,(H,21,22,23)/t18-/m0/s1. The van der Waals surface area contributed by atoms with Gasteiger partial charge in [0.05, 0.1) is 0 Å². The van der Waals surface area contributed by atoms with Gasteiger partial charge in [0, 0.05) is 5.70 Å². The Bertz CT molecular complexity index is 878. The molecular formula is C19H17FN4. The normalized spacial score (nSPS) is 16.2. The molecule has 24 heavy (non-hydrogen) atoms. The van der Waals surface area contributed by atoms with Gasteiger partial charge in [-0.1, -0.05) is 31.2 Å². The van der Waals surface area contributed by atoms with Gasteiger partial charge < -0.3 is 5.32 Å². The van der Waals surface area contributed by atoms with Gasteiger partial charge in [-0.25, -0.2) is 9.07 Å². The molecule has 1 N–H and O–H groups in total. The third-order valence-electron chi connectivity index (χ3n) is 4.29. The van der Waals surface area contributed by atoms with Crippen LogP contribution in [0, 0.1) is 5.82 Å². The Kier molecular flexibility index (Phi) is 3.61. The van der Waals surface area contributed by atoms with Crippen LogP contribution in [0.15, 0.2) is 60.9 Å². The number of anilines is 1. The summed E-state index contributed by atoms with van der Waals surface area (Å²) in [6.45, 7) is 2.14. The lowest BCUT2D eigenvalue weighted by Crippen LogP contribution is -2.20. The molecule has 0 fully saturated rings. The van der Waals surface area contributed by atoms with Crippen LogP contribution < -0.4 is 5.32 Å². The quantitative estimate of drug-likeness (QED) is 0.792. The average molecular weight is 320 g/mol. The highest BCUT2D eigenvalue weighted by Crippen LogP contribution is 2.32. The summed E-state index contributed by atoms with van der Waals surface area (Å²) in [6, 6.07) is 14.9. The minimum absolute atomic E-state index is 0.0466. The summed E-state index contributed by atoms with van der Waals surface area (Å²) in [4.78, 5) is 4.29. The molecule has 1 aliphatic rings. The number of hydrogen-bond donors (Lipinski definition) is 1. The van der Waals surface area contributed by atoms with E-state index in [1.165, 1.54) is 24.0 Å². The van der Waals surface area contributed by atoms with Crippen molar-refractivity contribution in [3.05, 3.63) is 83.4 Å². The SMILES string of the molecule is CCc1ccc([C@@H]2C=C(c3ccc(F)cc3)Nc3ncnn32)cc1. The van der Waals surface area contributed by atoms with Crippen LogP contribution in [0.3, 0.4) is 0 Å². The molecule has 0 saturated carbocycles. The molecule has 1 atom stereocenters. The molecule has 2 heterocycles. The van der Waals surface area contributed by atoms with Crippen LogP contribution in [0.1, 0.15) is 29.7 Å². The van der Waals surface area contributed by atoms with E-state index in [1.54, 1.807) is 12.1 Å². The first-order valence-corrected chi connectivity index (χ1v) is 7.97. The number of nitrogens with zero attached hydrogens (tertiary/aromatic N) is 3. The maximum absolute atomic E-state index is 13.2. The molecule has 0 bridgehead atoms. The fourth-order valence-corrected chi connectivity index (χ4v) is 2.92. The van der Waals surface area contributed by atoms with Crippen molar-refractivity contribution >= 4 is 11.6 Å². The number of benzene rings is 2. The third-order valence-corrected chi connectivity index (χ3v) is 4.29. The smallest absolute Gasteiger partial charge is 0.226 e. The number of halogens is 1. The van der Waals surface area contributed by atoms with Gasteiger partial charge in [-0.15, -0.1) is 0 Å². The molecule has 5 heteroatoms.